The molecule has 3 N–H and O–H groups in total. The topological polar surface area (TPSA) is 111 Å². The van der Waals surface area contributed by atoms with Crippen LogP contribution in [-0.2, 0) is 9.47 Å². The molecule has 0 amide bonds. The van der Waals surface area contributed by atoms with Crippen LogP contribution < -0.4 is 5.32 Å². The van der Waals surface area contributed by atoms with E-state index in [4.69, 9.17) is 15.9 Å². The van der Waals surface area contributed by atoms with Gasteiger partial charge in [-0.3, -0.25) is 9.98 Å². The van der Waals surface area contributed by atoms with E-state index in [0.29, 0.717) is 31.2 Å². The molecule has 236 valence electrons. The lowest BCUT2D eigenvalue weighted by Gasteiger charge is -2.39. The van der Waals surface area contributed by atoms with Crippen molar-refractivity contribution in [2.24, 2.45) is 20.4 Å². The Morgan fingerprint density at radius 1 is 1.29 bits per heavy atom. The van der Waals surface area contributed by atoms with Crippen LogP contribution in [0.15, 0.2) is 56.5 Å². The van der Waals surface area contributed by atoms with Crippen molar-refractivity contribution >= 4 is 35.1 Å². The number of ether oxygens (including phenoxy) is 2. The third-order valence-corrected chi connectivity index (χ3v) is 9.23. The summed E-state index contributed by atoms with van der Waals surface area (Å²) in [5.74, 6) is 1.00. The van der Waals surface area contributed by atoms with Gasteiger partial charge in [0.2, 0.25) is 0 Å². The Bertz CT molecular complexity index is 1660. The Morgan fingerprint density at radius 3 is 2.96 bits per heavy atom. The highest BCUT2D eigenvalue weighted by molar-refractivity contribution is 6.29. The number of allylic oxidation sites excluding steroid dienone is 2. The highest BCUT2D eigenvalue weighted by Crippen LogP contribution is 2.44. The third kappa shape index (κ3) is 6.03. The van der Waals surface area contributed by atoms with Crippen LogP contribution in [0, 0.1) is 23.6 Å². The van der Waals surface area contributed by atoms with Crippen molar-refractivity contribution in [2.45, 2.75) is 44.2 Å². The smallest absolute Gasteiger partial charge is 0.175 e. The fourth-order valence-corrected chi connectivity index (χ4v) is 7.15. The molecule has 3 unspecified atom stereocenters. The number of aliphatic hydroxyl groups is 1. The van der Waals surface area contributed by atoms with Gasteiger partial charge in [-0.1, -0.05) is 18.4 Å². The number of fused-ring (bicyclic) bond motifs is 2. The molecule has 0 bridgehead atoms. The van der Waals surface area contributed by atoms with Crippen LogP contribution in [0.4, 0.5) is 8.78 Å². The van der Waals surface area contributed by atoms with Crippen LogP contribution in [0.1, 0.15) is 43.2 Å². The summed E-state index contributed by atoms with van der Waals surface area (Å²) < 4.78 is 43.2. The molecule has 2 saturated heterocycles. The molecule has 2 aromatic rings. The fraction of sp³-hybridized carbons (Fsp3) is 0.441. The Labute approximate surface area is 261 Å². The number of nitrogens with one attached hydrogen (secondary N) is 1. The summed E-state index contributed by atoms with van der Waals surface area (Å²) in [6.07, 6.45) is 11.8. The second-order valence-corrected chi connectivity index (χ2v) is 12.0. The largest absolute Gasteiger partial charge is 0.508 e. The predicted molar refractivity (Wildman–Crippen MR) is 171 cm³/mol. The molecule has 0 aromatic heterocycles. The van der Waals surface area contributed by atoms with Crippen molar-refractivity contribution < 1.29 is 28.5 Å². The number of β-amino-alcohol motifs (C(OH)–C–C–N with tert-alkyl or cyclic N) is 1. The average Bonchev–Trinajstić information content (AvgIpc) is 3.34. The molecule has 45 heavy (non-hydrogen) atoms. The molecule has 3 fully saturated rings. The lowest BCUT2D eigenvalue weighted by molar-refractivity contribution is 0.0171. The number of phenols is 1. The van der Waals surface area contributed by atoms with E-state index in [1.807, 2.05) is 0 Å². The molecule has 0 radical (unpaired) electrons. The molecule has 1 saturated carbocycles. The highest BCUT2D eigenvalue weighted by Gasteiger charge is 2.44. The van der Waals surface area contributed by atoms with Gasteiger partial charge in [0.1, 0.15) is 35.5 Å². The molecule has 3 aliphatic heterocycles. The van der Waals surface area contributed by atoms with Gasteiger partial charge < -0.3 is 29.9 Å². The normalized spacial score (nSPS) is 27.4. The third-order valence-electron chi connectivity index (χ3n) is 9.23. The van der Waals surface area contributed by atoms with Gasteiger partial charge in [-0.15, -0.1) is 6.42 Å². The molecule has 3 atom stereocenters. The van der Waals surface area contributed by atoms with Gasteiger partial charge in [0.05, 0.1) is 37.1 Å². The van der Waals surface area contributed by atoms with Crippen LogP contribution in [0.3, 0.4) is 0 Å². The fourth-order valence-electron chi connectivity index (χ4n) is 7.15. The molecule has 11 heteroatoms. The van der Waals surface area contributed by atoms with E-state index in [2.05, 4.69) is 32.9 Å². The van der Waals surface area contributed by atoms with Crippen molar-refractivity contribution in [3.63, 3.8) is 0 Å². The number of halogens is 2. The zero-order valence-electron chi connectivity index (χ0n) is 25.1. The predicted octanol–water partition coefficient (Wildman–Crippen LogP) is 4.33. The number of aliphatic hydroxyl groups excluding tert-OH is 1. The average molecular weight is 618 g/mol. The Hall–Kier alpha value is -3.95. The van der Waals surface area contributed by atoms with Crippen molar-refractivity contribution in [3.05, 3.63) is 58.4 Å². The summed E-state index contributed by atoms with van der Waals surface area (Å²) in [4.78, 5) is 15.0. The lowest BCUT2D eigenvalue weighted by atomic mass is 9.76. The number of nitrogens with zero attached hydrogens (tertiary/aromatic N) is 4. The summed E-state index contributed by atoms with van der Waals surface area (Å²) in [7, 11) is 0. The zero-order valence-corrected chi connectivity index (χ0v) is 25.1. The van der Waals surface area contributed by atoms with Crippen molar-refractivity contribution in [2.75, 3.05) is 46.2 Å². The van der Waals surface area contributed by atoms with E-state index >= 15 is 4.39 Å². The minimum Gasteiger partial charge on any atom is -0.508 e. The van der Waals surface area contributed by atoms with Crippen LogP contribution in [0.2, 0.25) is 0 Å². The second kappa shape index (κ2) is 13.2. The summed E-state index contributed by atoms with van der Waals surface area (Å²) in [6, 6.07) is 5.81. The summed E-state index contributed by atoms with van der Waals surface area (Å²) in [6.45, 7) is 6.15. The second-order valence-electron chi connectivity index (χ2n) is 12.0. The van der Waals surface area contributed by atoms with Crippen molar-refractivity contribution in [1.29, 1.82) is 0 Å². The number of hydrogen-bond acceptors (Lipinski definition) is 9. The SMILES string of the molecule is C#Cc1c(F)ccc2cc(O)cc(C3=C(F)C(=N/COCC45CCCNC4CCC5)/C(=C(\N=C)N4CCOCC(O)C4)C=N3)c12. The molecule has 9 nitrogen and oxygen atoms in total. The van der Waals surface area contributed by atoms with Crippen LogP contribution in [0.5, 0.6) is 5.75 Å². The van der Waals surface area contributed by atoms with E-state index < -0.39 is 17.7 Å². The Morgan fingerprint density at radius 2 is 2.13 bits per heavy atom. The summed E-state index contributed by atoms with van der Waals surface area (Å²) in [5.41, 5.74) is 0.0735. The molecule has 2 aromatic carbocycles. The van der Waals surface area contributed by atoms with Crippen LogP contribution in [-0.4, -0.2) is 92.1 Å². The van der Waals surface area contributed by atoms with Crippen molar-refractivity contribution in [1.82, 2.24) is 10.2 Å². The first-order valence-electron chi connectivity index (χ1n) is 15.3. The molecule has 3 heterocycles. The van der Waals surface area contributed by atoms with Gasteiger partial charge in [0, 0.05) is 41.7 Å². The van der Waals surface area contributed by atoms with Gasteiger partial charge in [-0.2, -0.15) is 0 Å². The molecular weight excluding hydrogens is 580 g/mol. The first-order valence-corrected chi connectivity index (χ1v) is 15.3. The lowest BCUT2D eigenvalue weighted by Crippen LogP contribution is -2.48. The Kier molecular flexibility index (Phi) is 9.10. The number of aromatic hydroxyl groups is 1. The number of aliphatic imine (C=N–C) groups is 3. The minimum absolute atomic E-state index is 0.0386. The molecule has 1 aliphatic carbocycles. The standard InChI is InChI=1S/C34H37F2N5O4/c1-3-24-27(35)8-7-21-14-22(42)15-25(29(21)24)31-30(36)32(40-20-45-19-34-9-4-6-28(34)38-11-5-10-34)26(16-39-31)33(37-2)41-12-13-44-18-23(43)17-41/h1,7-8,14-16,23,28,38,42-43H,2,4-6,9-13,17-20H2/b33-26+,40-32+. The zero-order chi connectivity index (χ0) is 31.6. The first kappa shape index (κ1) is 31.0. The number of piperidine rings is 1. The van der Waals surface area contributed by atoms with E-state index in [1.165, 1.54) is 30.5 Å². The van der Waals surface area contributed by atoms with Gasteiger partial charge in [-0.05, 0) is 62.5 Å². The first-order chi connectivity index (χ1) is 21.8. The number of benzene rings is 2. The van der Waals surface area contributed by atoms with E-state index in [9.17, 15) is 14.6 Å². The van der Waals surface area contributed by atoms with Gasteiger partial charge in [-0.25, -0.2) is 13.8 Å². The molecule has 4 aliphatic rings. The molecular formula is C34H37F2N5O4. The van der Waals surface area contributed by atoms with Crippen molar-refractivity contribution in [3.8, 4) is 18.1 Å². The quantitative estimate of drug-likeness (QED) is 0.242. The van der Waals surface area contributed by atoms with Crippen LogP contribution >= 0.6 is 0 Å². The minimum atomic E-state index is -0.820. The van der Waals surface area contributed by atoms with Gasteiger partial charge >= 0.3 is 0 Å². The maximum absolute atomic E-state index is 16.8. The number of phenolic OH excluding ortho intramolecular Hbond substituents is 1. The number of terminal acetylenes is 1. The Balaban J connectivity index is 1.43. The van der Waals surface area contributed by atoms with Gasteiger partial charge in [0.15, 0.2) is 5.83 Å². The van der Waals surface area contributed by atoms with Crippen LogP contribution in [0.25, 0.3) is 16.5 Å². The molecule has 0 spiro atoms. The summed E-state index contributed by atoms with van der Waals surface area (Å²) in [5, 5.41) is 25.2. The maximum Gasteiger partial charge on any atom is 0.175 e. The number of rotatable bonds is 7. The monoisotopic (exact) mass is 617 g/mol. The number of hydrogen-bond donors (Lipinski definition) is 3. The molecule has 6 rings (SSSR count). The van der Waals surface area contributed by atoms with E-state index in [0.717, 1.165) is 38.6 Å². The highest BCUT2D eigenvalue weighted by atomic mass is 19.1. The van der Waals surface area contributed by atoms with E-state index in [-0.39, 0.29) is 70.4 Å². The van der Waals surface area contributed by atoms with E-state index in [1.54, 1.807) is 4.90 Å². The maximum atomic E-state index is 16.8. The van der Waals surface area contributed by atoms with Gasteiger partial charge in [0.25, 0.3) is 0 Å². The summed E-state index contributed by atoms with van der Waals surface area (Å²) >= 11 is 0.